The van der Waals surface area contributed by atoms with Crippen LogP contribution in [0.4, 0.5) is 0 Å². The van der Waals surface area contributed by atoms with Gasteiger partial charge in [0, 0.05) is 13.0 Å². The molecule has 0 aromatic carbocycles. The van der Waals surface area contributed by atoms with Gasteiger partial charge in [0.1, 0.15) is 0 Å². The van der Waals surface area contributed by atoms with E-state index in [-0.39, 0.29) is 11.2 Å². The fourth-order valence-electron chi connectivity index (χ4n) is 1.43. The van der Waals surface area contributed by atoms with Crippen LogP contribution in [0.25, 0.3) is 0 Å². The number of rotatable bonds is 3. The lowest BCUT2D eigenvalue weighted by Gasteiger charge is -2.20. The first-order valence-corrected chi connectivity index (χ1v) is 6.18. The molecule has 0 aromatic heterocycles. The van der Waals surface area contributed by atoms with Gasteiger partial charge in [-0.25, -0.2) is 0 Å². The van der Waals surface area contributed by atoms with Gasteiger partial charge in [-0.05, 0) is 25.5 Å². The lowest BCUT2D eigenvalue weighted by atomic mass is 10.2. The van der Waals surface area contributed by atoms with E-state index in [0.29, 0.717) is 6.54 Å². The molecule has 0 saturated carbocycles. The van der Waals surface area contributed by atoms with Gasteiger partial charge in [0.15, 0.2) is 0 Å². The average Bonchev–Trinajstić information content (AvgIpc) is 2.25. The van der Waals surface area contributed by atoms with Crippen LogP contribution < -0.4 is 5.32 Å². The van der Waals surface area contributed by atoms with E-state index < -0.39 is 0 Å². The normalized spacial score (nSPS) is 20.8. The second-order valence-electron chi connectivity index (χ2n) is 3.32. The zero-order valence-electron chi connectivity index (χ0n) is 8.64. The van der Waals surface area contributed by atoms with Gasteiger partial charge in [-0.3, -0.25) is 4.79 Å². The van der Waals surface area contributed by atoms with E-state index in [1.807, 2.05) is 6.92 Å². The van der Waals surface area contributed by atoms with Gasteiger partial charge < -0.3 is 5.32 Å². The smallest absolute Gasteiger partial charge is 0.233 e. The summed E-state index contributed by atoms with van der Waals surface area (Å²) >= 11 is 1.79. The van der Waals surface area contributed by atoms with Crippen molar-refractivity contribution in [3.05, 3.63) is 0 Å². The van der Waals surface area contributed by atoms with E-state index in [4.69, 9.17) is 0 Å². The molecule has 1 N–H and O–H groups in total. The summed E-state index contributed by atoms with van der Waals surface area (Å²) in [6.07, 6.45) is 4.26. The number of thioether (sulfide) groups is 1. The third-order valence-corrected chi connectivity index (χ3v) is 3.57. The highest BCUT2D eigenvalue weighted by Crippen LogP contribution is 2.24. The van der Waals surface area contributed by atoms with Crippen molar-refractivity contribution in [1.29, 1.82) is 0 Å². The van der Waals surface area contributed by atoms with Crippen LogP contribution in [0.5, 0.6) is 0 Å². The van der Waals surface area contributed by atoms with Crippen molar-refractivity contribution in [3.63, 3.8) is 0 Å². The molecule has 1 amide bonds. The van der Waals surface area contributed by atoms with Crippen molar-refractivity contribution in [2.75, 3.05) is 12.3 Å². The average molecular weight is 211 g/mol. The molecule has 1 heterocycles. The van der Waals surface area contributed by atoms with Crippen molar-refractivity contribution in [1.82, 2.24) is 5.32 Å². The van der Waals surface area contributed by atoms with Gasteiger partial charge in [-0.2, -0.15) is 0 Å². The minimum Gasteiger partial charge on any atom is -0.354 e. The Kier molecular flexibility index (Phi) is 5.55. The van der Waals surface area contributed by atoms with Crippen LogP contribution in [0.1, 0.15) is 32.6 Å². The lowest BCUT2D eigenvalue weighted by Crippen LogP contribution is -2.34. The van der Waals surface area contributed by atoms with E-state index in [9.17, 15) is 4.79 Å². The van der Waals surface area contributed by atoms with Crippen molar-refractivity contribution in [3.8, 4) is 11.8 Å². The molecule has 3 heteroatoms. The standard InChI is InChI=1S/C11H17NOS/c1-2-3-5-8-12-11(13)10-7-4-6-9-14-10/h10H,4-9H2,1H3,(H,12,13). The summed E-state index contributed by atoms with van der Waals surface area (Å²) in [5, 5.41) is 3.12. The fourth-order valence-corrected chi connectivity index (χ4v) is 2.66. The van der Waals surface area contributed by atoms with Crippen LogP contribution in [0.3, 0.4) is 0 Å². The highest BCUT2D eigenvalue weighted by molar-refractivity contribution is 8.00. The summed E-state index contributed by atoms with van der Waals surface area (Å²) < 4.78 is 0. The minimum atomic E-state index is 0.193. The van der Waals surface area contributed by atoms with Crippen LogP contribution in [0, 0.1) is 11.8 Å². The molecule has 1 unspecified atom stereocenters. The van der Waals surface area contributed by atoms with Gasteiger partial charge >= 0.3 is 0 Å². The quantitative estimate of drug-likeness (QED) is 0.570. The van der Waals surface area contributed by atoms with Crippen molar-refractivity contribution in [2.45, 2.75) is 37.9 Å². The van der Waals surface area contributed by atoms with Crippen LogP contribution in [0.15, 0.2) is 0 Å². The molecule has 0 aromatic rings. The number of carbonyl (C=O) groups is 1. The molecule has 2 nitrogen and oxygen atoms in total. The molecule has 1 saturated heterocycles. The van der Waals surface area contributed by atoms with Gasteiger partial charge in [0.05, 0.1) is 5.25 Å². The predicted octanol–water partition coefficient (Wildman–Crippen LogP) is 1.80. The third-order valence-electron chi connectivity index (χ3n) is 2.20. The molecule has 14 heavy (non-hydrogen) atoms. The Morgan fingerprint density at radius 2 is 2.43 bits per heavy atom. The van der Waals surface area contributed by atoms with Crippen molar-refractivity contribution in [2.24, 2.45) is 0 Å². The summed E-state index contributed by atoms with van der Waals surface area (Å²) in [6, 6.07) is 0. The molecule has 1 aliphatic rings. The largest absolute Gasteiger partial charge is 0.354 e. The highest BCUT2D eigenvalue weighted by atomic mass is 32.2. The molecular formula is C11H17NOS. The van der Waals surface area contributed by atoms with E-state index in [2.05, 4.69) is 17.2 Å². The van der Waals surface area contributed by atoms with E-state index in [1.54, 1.807) is 11.8 Å². The number of hydrogen-bond donors (Lipinski definition) is 1. The molecule has 1 fully saturated rings. The summed E-state index contributed by atoms with van der Waals surface area (Å²) in [7, 11) is 0. The third kappa shape index (κ3) is 4.06. The zero-order valence-corrected chi connectivity index (χ0v) is 9.45. The van der Waals surface area contributed by atoms with E-state index in [1.165, 1.54) is 12.8 Å². The lowest BCUT2D eigenvalue weighted by molar-refractivity contribution is -0.120. The number of carbonyl (C=O) groups excluding carboxylic acids is 1. The highest BCUT2D eigenvalue weighted by Gasteiger charge is 2.20. The first-order chi connectivity index (χ1) is 6.84. The molecule has 0 aliphatic carbocycles. The van der Waals surface area contributed by atoms with Gasteiger partial charge in [-0.15, -0.1) is 23.6 Å². The fraction of sp³-hybridized carbons (Fsp3) is 0.727. The number of hydrogen-bond acceptors (Lipinski definition) is 2. The van der Waals surface area contributed by atoms with Crippen molar-refractivity contribution < 1.29 is 4.79 Å². The molecule has 0 bridgehead atoms. The molecule has 0 spiro atoms. The SMILES string of the molecule is CC#CCCNC(=O)C1CCCCS1. The summed E-state index contributed by atoms with van der Waals surface area (Å²) in [5.74, 6) is 7.08. The maximum Gasteiger partial charge on any atom is 0.233 e. The minimum absolute atomic E-state index is 0.193. The Balaban J connectivity index is 2.15. The van der Waals surface area contributed by atoms with Gasteiger partial charge in [0.25, 0.3) is 0 Å². The molecule has 1 aliphatic heterocycles. The van der Waals surface area contributed by atoms with Crippen molar-refractivity contribution >= 4 is 17.7 Å². The van der Waals surface area contributed by atoms with Crippen LogP contribution in [-0.4, -0.2) is 23.5 Å². The van der Waals surface area contributed by atoms with Gasteiger partial charge in [-0.1, -0.05) is 6.42 Å². The molecule has 1 atom stereocenters. The Morgan fingerprint density at radius 1 is 1.57 bits per heavy atom. The molecule has 1 rings (SSSR count). The van der Waals surface area contributed by atoms with Crippen LogP contribution >= 0.6 is 11.8 Å². The Hall–Kier alpha value is -0.620. The summed E-state index contributed by atoms with van der Waals surface area (Å²) in [5.41, 5.74) is 0. The topological polar surface area (TPSA) is 29.1 Å². The van der Waals surface area contributed by atoms with Crippen LogP contribution in [0.2, 0.25) is 0 Å². The predicted molar refractivity (Wildman–Crippen MR) is 61.2 cm³/mol. The zero-order chi connectivity index (χ0) is 10.2. The first kappa shape index (κ1) is 11.5. The maximum absolute atomic E-state index is 11.6. The number of amides is 1. The second-order valence-corrected chi connectivity index (χ2v) is 4.63. The van der Waals surface area contributed by atoms with E-state index >= 15 is 0 Å². The van der Waals surface area contributed by atoms with Crippen LogP contribution in [-0.2, 0) is 4.79 Å². The maximum atomic E-state index is 11.6. The summed E-state index contributed by atoms with van der Waals surface area (Å²) in [6.45, 7) is 2.51. The second kappa shape index (κ2) is 6.78. The Bertz CT molecular complexity index is 235. The monoisotopic (exact) mass is 211 g/mol. The number of nitrogens with one attached hydrogen (secondary N) is 1. The summed E-state index contributed by atoms with van der Waals surface area (Å²) in [4.78, 5) is 11.6. The molecular weight excluding hydrogens is 194 g/mol. The first-order valence-electron chi connectivity index (χ1n) is 5.13. The Morgan fingerprint density at radius 3 is 3.07 bits per heavy atom. The molecule has 78 valence electrons. The Labute approximate surface area is 90.2 Å². The van der Waals surface area contributed by atoms with E-state index in [0.717, 1.165) is 18.6 Å². The molecule has 0 radical (unpaired) electrons. The van der Waals surface area contributed by atoms with Gasteiger partial charge in [0.2, 0.25) is 5.91 Å².